The number of benzene rings is 2. The van der Waals surface area contributed by atoms with E-state index in [9.17, 15) is 4.79 Å². The number of pyridine rings is 1. The molecule has 2 N–H and O–H groups in total. The number of hydrogen-bond acceptors (Lipinski definition) is 4. The minimum atomic E-state index is -0.0339. The molecule has 1 amide bonds. The van der Waals surface area contributed by atoms with Crippen LogP contribution in [0, 0.1) is 5.92 Å². The van der Waals surface area contributed by atoms with Crippen molar-refractivity contribution in [3.8, 4) is 5.75 Å². The zero-order valence-corrected chi connectivity index (χ0v) is 18.1. The van der Waals surface area contributed by atoms with Crippen LogP contribution >= 0.6 is 12.4 Å². The number of nitrogens with one attached hydrogen (secondary N) is 2. The highest BCUT2D eigenvalue weighted by Crippen LogP contribution is 2.15. The van der Waals surface area contributed by atoms with Gasteiger partial charge < -0.3 is 15.4 Å². The Labute approximate surface area is 184 Å². The smallest absolute Gasteiger partial charge is 0.226 e. The monoisotopic (exact) mass is 425 g/mol. The van der Waals surface area contributed by atoms with Gasteiger partial charge in [-0.2, -0.15) is 0 Å². The average molecular weight is 426 g/mol. The number of hydrogen-bond donors (Lipinski definition) is 2. The van der Waals surface area contributed by atoms with E-state index in [2.05, 4.69) is 27.8 Å². The molecule has 0 saturated heterocycles. The minimum absolute atomic E-state index is 0. The molecule has 0 saturated carbocycles. The van der Waals surface area contributed by atoms with Gasteiger partial charge in [0, 0.05) is 37.1 Å². The van der Waals surface area contributed by atoms with E-state index in [0.29, 0.717) is 6.61 Å². The second-order valence-electron chi connectivity index (χ2n) is 7.24. The molecule has 0 aliphatic rings. The summed E-state index contributed by atoms with van der Waals surface area (Å²) in [5.41, 5.74) is 4.24. The summed E-state index contributed by atoms with van der Waals surface area (Å²) in [7, 11) is 0. The Hall–Kier alpha value is -2.89. The van der Waals surface area contributed by atoms with E-state index in [1.54, 1.807) is 12.4 Å². The first-order valence-electron chi connectivity index (χ1n) is 9.81. The summed E-state index contributed by atoms with van der Waals surface area (Å²) >= 11 is 0. The maximum absolute atomic E-state index is 11.8. The summed E-state index contributed by atoms with van der Waals surface area (Å²) < 4.78 is 5.80. The van der Waals surface area contributed by atoms with E-state index in [1.807, 2.05) is 62.4 Å². The van der Waals surface area contributed by atoms with Crippen LogP contribution in [0.4, 0.5) is 5.69 Å². The van der Waals surface area contributed by atoms with Gasteiger partial charge in [0.05, 0.1) is 0 Å². The molecule has 158 valence electrons. The van der Waals surface area contributed by atoms with Gasteiger partial charge in [-0.05, 0) is 53.1 Å². The van der Waals surface area contributed by atoms with Crippen LogP contribution in [0.2, 0.25) is 0 Å². The second kappa shape index (κ2) is 12.0. The van der Waals surface area contributed by atoms with Crippen LogP contribution in [0.25, 0.3) is 0 Å². The summed E-state index contributed by atoms with van der Waals surface area (Å²) in [6.07, 6.45) is 3.53. The quantitative estimate of drug-likeness (QED) is 0.508. The van der Waals surface area contributed by atoms with Crippen molar-refractivity contribution in [2.75, 3.05) is 5.32 Å². The third-order valence-corrected chi connectivity index (χ3v) is 4.46. The van der Waals surface area contributed by atoms with Crippen molar-refractivity contribution in [2.24, 2.45) is 5.92 Å². The molecule has 0 bridgehead atoms. The molecule has 5 nitrogen and oxygen atoms in total. The van der Waals surface area contributed by atoms with Gasteiger partial charge in [-0.15, -0.1) is 12.4 Å². The fourth-order valence-electron chi connectivity index (χ4n) is 2.75. The van der Waals surface area contributed by atoms with Gasteiger partial charge in [-0.1, -0.05) is 38.1 Å². The van der Waals surface area contributed by atoms with Crippen LogP contribution < -0.4 is 15.4 Å². The van der Waals surface area contributed by atoms with Gasteiger partial charge in [0.2, 0.25) is 5.91 Å². The lowest BCUT2D eigenvalue weighted by Gasteiger charge is -2.10. The fourth-order valence-corrected chi connectivity index (χ4v) is 2.75. The number of nitrogens with zero attached hydrogens (tertiary/aromatic N) is 1. The average Bonchev–Trinajstić information content (AvgIpc) is 2.74. The number of carbonyl (C=O) groups is 1. The van der Waals surface area contributed by atoms with Crippen LogP contribution in [0.15, 0.2) is 73.1 Å². The molecule has 0 aliphatic carbocycles. The van der Waals surface area contributed by atoms with Crippen LogP contribution in [0.1, 0.15) is 30.5 Å². The zero-order valence-electron chi connectivity index (χ0n) is 17.3. The van der Waals surface area contributed by atoms with E-state index < -0.39 is 0 Å². The van der Waals surface area contributed by atoms with Crippen molar-refractivity contribution in [1.82, 2.24) is 10.3 Å². The number of rotatable bonds is 9. The molecular weight excluding hydrogens is 398 g/mol. The standard InChI is InChI=1S/C24H27N3O2.ClH/c1-18(2)24(28)27-22-5-3-4-21(14-22)16-26-15-19-6-8-23(9-7-19)29-17-20-10-12-25-13-11-20;/h3-14,18,26H,15-17H2,1-2H3,(H,27,28);1H. The Morgan fingerprint density at radius 2 is 1.63 bits per heavy atom. The number of amides is 1. The lowest BCUT2D eigenvalue weighted by molar-refractivity contribution is -0.118. The van der Waals surface area contributed by atoms with E-state index in [-0.39, 0.29) is 24.2 Å². The molecule has 0 radical (unpaired) electrons. The van der Waals surface area contributed by atoms with Gasteiger partial charge in [0.15, 0.2) is 0 Å². The first kappa shape index (κ1) is 23.4. The van der Waals surface area contributed by atoms with Crippen molar-refractivity contribution in [1.29, 1.82) is 0 Å². The van der Waals surface area contributed by atoms with Crippen LogP contribution in [-0.2, 0) is 24.5 Å². The summed E-state index contributed by atoms with van der Waals surface area (Å²) in [5, 5.41) is 6.37. The lowest BCUT2D eigenvalue weighted by atomic mass is 10.1. The predicted molar refractivity (Wildman–Crippen MR) is 123 cm³/mol. The summed E-state index contributed by atoms with van der Waals surface area (Å²) in [6.45, 7) is 5.79. The van der Waals surface area contributed by atoms with E-state index >= 15 is 0 Å². The molecule has 2 aromatic carbocycles. The Bertz CT molecular complexity index is 915. The van der Waals surface area contributed by atoms with Gasteiger partial charge >= 0.3 is 0 Å². The molecule has 6 heteroatoms. The van der Waals surface area contributed by atoms with Gasteiger partial charge in [0.1, 0.15) is 12.4 Å². The zero-order chi connectivity index (χ0) is 20.5. The van der Waals surface area contributed by atoms with Crippen molar-refractivity contribution in [2.45, 2.75) is 33.5 Å². The highest BCUT2D eigenvalue weighted by atomic mass is 35.5. The molecule has 0 fully saturated rings. The third-order valence-electron chi connectivity index (χ3n) is 4.46. The molecule has 1 heterocycles. The van der Waals surface area contributed by atoms with E-state index in [0.717, 1.165) is 35.7 Å². The van der Waals surface area contributed by atoms with Crippen LogP contribution in [0.5, 0.6) is 5.75 Å². The van der Waals surface area contributed by atoms with E-state index in [4.69, 9.17) is 4.74 Å². The normalized spacial score (nSPS) is 10.4. The summed E-state index contributed by atoms with van der Waals surface area (Å²) in [6, 6.07) is 19.9. The highest BCUT2D eigenvalue weighted by molar-refractivity contribution is 5.92. The number of anilines is 1. The molecule has 0 unspecified atom stereocenters. The largest absolute Gasteiger partial charge is 0.489 e. The van der Waals surface area contributed by atoms with Crippen molar-refractivity contribution in [3.63, 3.8) is 0 Å². The lowest BCUT2D eigenvalue weighted by Crippen LogP contribution is -2.18. The van der Waals surface area contributed by atoms with Crippen molar-refractivity contribution >= 4 is 24.0 Å². The van der Waals surface area contributed by atoms with Crippen LogP contribution in [-0.4, -0.2) is 10.9 Å². The molecule has 0 aliphatic heterocycles. The van der Waals surface area contributed by atoms with Crippen molar-refractivity contribution in [3.05, 3.63) is 89.7 Å². The van der Waals surface area contributed by atoms with Gasteiger partial charge in [-0.25, -0.2) is 0 Å². The SMILES string of the molecule is CC(C)C(=O)Nc1cccc(CNCc2ccc(OCc3ccncc3)cc2)c1.Cl. The third kappa shape index (κ3) is 7.50. The molecule has 30 heavy (non-hydrogen) atoms. The van der Waals surface area contributed by atoms with Gasteiger partial charge in [-0.3, -0.25) is 9.78 Å². The molecule has 0 atom stereocenters. The Morgan fingerprint density at radius 1 is 0.933 bits per heavy atom. The molecule has 1 aromatic heterocycles. The topological polar surface area (TPSA) is 63.2 Å². The maximum Gasteiger partial charge on any atom is 0.226 e. The number of carbonyl (C=O) groups excluding carboxylic acids is 1. The van der Waals surface area contributed by atoms with Gasteiger partial charge in [0.25, 0.3) is 0 Å². The Morgan fingerprint density at radius 3 is 2.33 bits per heavy atom. The number of halogens is 1. The Kier molecular flexibility index (Phi) is 9.32. The first-order valence-corrected chi connectivity index (χ1v) is 9.81. The minimum Gasteiger partial charge on any atom is -0.489 e. The first-order chi connectivity index (χ1) is 14.1. The van der Waals surface area contributed by atoms with Crippen molar-refractivity contribution < 1.29 is 9.53 Å². The van der Waals surface area contributed by atoms with Crippen LogP contribution in [0.3, 0.4) is 0 Å². The maximum atomic E-state index is 11.8. The predicted octanol–water partition coefficient (Wildman–Crippen LogP) is 4.97. The molecule has 3 rings (SSSR count). The number of aromatic nitrogens is 1. The van der Waals surface area contributed by atoms with E-state index in [1.165, 1.54) is 5.56 Å². The fraction of sp³-hybridized carbons (Fsp3) is 0.250. The second-order valence-corrected chi connectivity index (χ2v) is 7.24. The highest BCUT2D eigenvalue weighted by Gasteiger charge is 2.07. The summed E-state index contributed by atoms with van der Waals surface area (Å²) in [4.78, 5) is 15.8. The molecule has 0 spiro atoms. The molecular formula is C24H28ClN3O2. The Balaban J connectivity index is 0.00000320. The summed E-state index contributed by atoms with van der Waals surface area (Å²) in [5.74, 6) is 0.842. The molecule has 3 aromatic rings. The number of ether oxygens (including phenoxy) is 1.